The fraction of sp³-hybridized carbons (Fsp3) is 0.417. The number of hydrogen-bond donors (Lipinski definition) is 0. The second-order valence-electron chi connectivity index (χ2n) is 3.76. The van der Waals surface area contributed by atoms with E-state index < -0.39 is 0 Å². The average Bonchev–Trinajstić information content (AvgIpc) is 3.02. The van der Waals surface area contributed by atoms with E-state index in [9.17, 15) is 4.79 Å². The van der Waals surface area contributed by atoms with Crippen molar-refractivity contribution in [2.75, 3.05) is 0 Å². The molecule has 0 spiro atoms. The average molecular weight is 190 g/mol. The molecule has 1 aromatic rings. The molecule has 74 valence electrons. The normalized spacial score (nSPS) is 17.5. The van der Waals surface area contributed by atoms with Gasteiger partial charge in [0.1, 0.15) is 6.10 Å². The Morgan fingerprint density at radius 3 is 2.57 bits per heavy atom. The lowest BCUT2D eigenvalue weighted by atomic mass is 10.1. The van der Waals surface area contributed by atoms with Crippen LogP contribution in [0, 0.1) is 5.92 Å². The third kappa shape index (κ3) is 2.13. The van der Waals surface area contributed by atoms with Crippen molar-refractivity contribution >= 4 is 5.97 Å². The van der Waals surface area contributed by atoms with E-state index in [0.29, 0.717) is 0 Å². The number of ether oxygens (including phenoxy) is 1. The van der Waals surface area contributed by atoms with E-state index in [-0.39, 0.29) is 18.0 Å². The Hall–Kier alpha value is -1.31. The van der Waals surface area contributed by atoms with Crippen molar-refractivity contribution in [3.63, 3.8) is 0 Å². The summed E-state index contributed by atoms with van der Waals surface area (Å²) in [7, 11) is 0. The lowest BCUT2D eigenvalue weighted by Gasteiger charge is -2.12. The van der Waals surface area contributed by atoms with Gasteiger partial charge in [0.05, 0.1) is 5.92 Å². The number of esters is 1. The van der Waals surface area contributed by atoms with Crippen LogP contribution in [0.4, 0.5) is 0 Å². The molecule has 14 heavy (non-hydrogen) atoms. The van der Waals surface area contributed by atoms with Crippen molar-refractivity contribution in [1.82, 2.24) is 0 Å². The molecular weight excluding hydrogens is 176 g/mol. The summed E-state index contributed by atoms with van der Waals surface area (Å²) in [4.78, 5) is 11.4. The maximum atomic E-state index is 11.4. The van der Waals surface area contributed by atoms with E-state index in [1.165, 1.54) is 0 Å². The maximum absolute atomic E-state index is 11.4. The molecule has 1 saturated carbocycles. The molecular formula is C12H14O2. The van der Waals surface area contributed by atoms with Crippen LogP contribution in [-0.2, 0) is 9.53 Å². The Labute approximate surface area is 83.9 Å². The van der Waals surface area contributed by atoms with Crippen LogP contribution in [0.3, 0.4) is 0 Å². The summed E-state index contributed by atoms with van der Waals surface area (Å²) in [5.74, 6) is 0.141. The largest absolute Gasteiger partial charge is 0.458 e. The zero-order chi connectivity index (χ0) is 9.97. The van der Waals surface area contributed by atoms with Gasteiger partial charge in [0.2, 0.25) is 0 Å². The van der Waals surface area contributed by atoms with Crippen LogP contribution in [0.5, 0.6) is 0 Å². The summed E-state index contributed by atoms with van der Waals surface area (Å²) in [5, 5.41) is 0. The zero-order valence-corrected chi connectivity index (χ0v) is 8.27. The molecule has 0 aromatic heterocycles. The minimum atomic E-state index is -0.121. The monoisotopic (exact) mass is 190 g/mol. The van der Waals surface area contributed by atoms with Crippen LogP contribution in [0.25, 0.3) is 0 Å². The van der Waals surface area contributed by atoms with Gasteiger partial charge < -0.3 is 4.74 Å². The van der Waals surface area contributed by atoms with Crippen molar-refractivity contribution in [2.45, 2.75) is 25.9 Å². The molecule has 1 fully saturated rings. The Kier molecular flexibility index (Phi) is 2.53. The smallest absolute Gasteiger partial charge is 0.309 e. The molecule has 0 N–H and O–H groups in total. The number of rotatable bonds is 3. The summed E-state index contributed by atoms with van der Waals surface area (Å²) in [6.45, 7) is 1.91. The highest BCUT2D eigenvalue weighted by atomic mass is 16.5. The number of hydrogen-bond acceptors (Lipinski definition) is 2. The summed E-state index contributed by atoms with van der Waals surface area (Å²) in [5.41, 5.74) is 1.06. The van der Waals surface area contributed by atoms with E-state index >= 15 is 0 Å². The molecule has 0 amide bonds. The van der Waals surface area contributed by atoms with Crippen LogP contribution in [0.2, 0.25) is 0 Å². The van der Waals surface area contributed by atoms with Gasteiger partial charge in [-0.05, 0) is 25.3 Å². The summed E-state index contributed by atoms with van der Waals surface area (Å²) < 4.78 is 5.32. The van der Waals surface area contributed by atoms with Crippen molar-refractivity contribution in [1.29, 1.82) is 0 Å². The van der Waals surface area contributed by atoms with Crippen LogP contribution >= 0.6 is 0 Å². The molecule has 0 saturated heterocycles. The van der Waals surface area contributed by atoms with Crippen molar-refractivity contribution < 1.29 is 9.53 Å². The fourth-order valence-corrected chi connectivity index (χ4v) is 1.38. The van der Waals surface area contributed by atoms with Crippen molar-refractivity contribution in [2.24, 2.45) is 5.92 Å². The van der Waals surface area contributed by atoms with Crippen molar-refractivity contribution in [3.8, 4) is 0 Å². The molecule has 2 rings (SSSR count). The van der Waals surface area contributed by atoms with Gasteiger partial charge in [-0.15, -0.1) is 0 Å². The van der Waals surface area contributed by atoms with Crippen LogP contribution in [0.1, 0.15) is 31.4 Å². The van der Waals surface area contributed by atoms with Crippen LogP contribution < -0.4 is 0 Å². The first kappa shape index (κ1) is 9.25. The Balaban J connectivity index is 1.95. The van der Waals surface area contributed by atoms with Gasteiger partial charge in [-0.3, -0.25) is 4.79 Å². The van der Waals surface area contributed by atoms with Gasteiger partial charge in [0.25, 0.3) is 0 Å². The Bertz CT molecular complexity index is 314. The highest BCUT2D eigenvalue weighted by Gasteiger charge is 2.32. The number of carbonyl (C=O) groups is 1. The van der Waals surface area contributed by atoms with Gasteiger partial charge in [-0.25, -0.2) is 0 Å². The quantitative estimate of drug-likeness (QED) is 0.685. The topological polar surface area (TPSA) is 26.3 Å². The Morgan fingerprint density at radius 2 is 2.00 bits per heavy atom. The first-order chi connectivity index (χ1) is 6.77. The van der Waals surface area contributed by atoms with Gasteiger partial charge >= 0.3 is 5.97 Å². The predicted octanol–water partition coefficient (Wildman–Crippen LogP) is 2.70. The van der Waals surface area contributed by atoms with E-state index in [0.717, 1.165) is 18.4 Å². The highest BCUT2D eigenvalue weighted by Crippen LogP contribution is 2.32. The second-order valence-corrected chi connectivity index (χ2v) is 3.76. The molecule has 0 heterocycles. The Morgan fingerprint density at radius 1 is 1.36 bits per heavy atom. The van der Waals surface area contributed by atoms with E-state index in [1.807, 2.05) is 37.3 Å². The second kappa shape index (κ2) is 3.82. The van der Waals surface area contributed by atoms with E-state index in [4.69, 9.17) is 4.74 Å². The first-order valence-electron chi connectivity index (χ1n) is 5.03. The van der Waals surface area contributed by atoms with E-state index in [1.54, 1.807) is 0 Å². The van der Waals surface area contributed by atoms with Gasteiger partial charge in [-0.2, -0.15) is 0 Å². The maximum Gasteiger partial charge on any atom is 0.309 e. The van der Waals surface area contributed by atoms with E-state index in [2.05, 4.69) is 0 Å². The number of benzene rings is 1. The molecule has 1 atom stereocenters. The van der Waals surface area contributed by atoms with Gasteiger partial charge in [-0.1, -0.05) is 30.3 Å². The molecule has 0 bridgehead atoms. The van der Waals surface area contributed by atoms with Gasteiger partial charge in [0, 0.05) is 0 Å². The molecule has 1 aliphatic rings. The summed E-state index contributed by atoms with van der Waals surface area (Å²) in [6.07, 6.45) is 1.88. The molecule has 1 unspecified atom stereocenters. The van der Waals surface area contributed by atoms with Gasteiger partial charge in [0.15, 0.2) is 0 Å². The molecule has 2 nitrogen and oxygen atoms in total. The highest BCUT2D eigenvalue weighted by molar-refractivity contribution is 5.75. The standard InChI is InChI=1S/C12H14O2/c1-9(10-5-3-2-4-6-10)14-12(13)11-7-8-11/h2-6,9,11H,7-8H2,1H3. The third-order valence-electron chi connectivity index (χ3n) is 2.47. The molecule has 0 aliphatic heterocycles. The van der Waals surface area contributed by atoms with Crippen LogP contribution in [-0.4, -0.2) is 5.97 Å². The molecule has 0 radical (unpaired) electrons. The minimum Gasteiger partial charge on any atom is -0.458 e. The first-order valence-corrected chi connectivity index (χ1v) is 5.03. The van der Waals surface area contributed by atoms with Crippen LogP contribution in [0.15, 0.2) is 30.3 Å². The predicted molar refractivity (Wildman–Crippen MR) is 53.7 cm³/mol. The summed E-state index contributed by atoms with van der Waals surface area (Å²) >= 11 is 0. The molecule has 1 aromatic carbocycles. The van der Waals surface area contributed by atoms with Crippen molar-refractivity contribution in [3.05, 3.63) is 35.9 Å². The lowest BCUT2D eigenvalue weighted by Crippen LogP contribution is -2.10. The fourth-order valence-electron chi connectivity index (χ4n) is 1.38. The lowest BCUT2D eigenvalue weighted by molar-refractivity contribution is -0.150. The molecule has 2 heteroatoms. The molecule has 1 aliphatic carbocycles. The summed E-state index contributed by atoms with van der Waals surface area (Å²) in [6, 6.07) is 9.82. The zero-order valence-electron chi connectivity index (χ0n) is 8.27. The SMILES string of the molecule is CC(OC(=O)C1CC1)c1ccccc1. The minimum absolute atomic E-state index is 0.0404. The third-order valence-corrected chi connectivity index (χ3v) is 2.47. The number of carbonyl (C=O) groups excluding carboxylic acids is 1.